The molecule has 0 fully saturated rings. The van der Waals surface area contributed by atoms with Gasteiger partial charge in [0, 0.05) is 17.1 Å². The summed E-state index contributed by atoms with van der Waals surface area (Å²) in [7, 11) is 0. The Morgan fingerprint density at radius 1 is 1.32 bits per heavy atom. The molecule has 0 aliphatic carbocycles. The molecule has 1 rings (SSSR count). The molecule has 0 spiro atoms. The normalized spacial score (nSPS) is 12.1. The molecule has 1 aromatic rings. The van der Waals surface area contributed by atoms with Crippen molar-refractivity contribution in [3.63, 3.8) is 0 Å². The van der Waals surface area contributed by atoms with Crippen molar-refractivity contribution in [2.45, 2.75) is 24.5 Å². The van der Waals surface area contributed by atoms with Gasteiger partial charge in [-0.05, 0) is 30.2 Å². The van der Waals surface area contributed by atoms with E-state index < -0.39 is 5.76 Å². The molecule has 0 unspecified atom stereocenters. The number of nitrogens with two attached hydrogens (primary N) is 1. The monoisotopic (exact) mass is 288 g/mol. The molecule has 7 heteroatoms. The van der Waals surface area contributed by atoms with E-state index in [-0.39, 0.29) is 0 Å². The Bertz CT molecular complexity index is 407. The van der Waals surface area contributed by atoms with Crippen LogP contribution in [-0.4, -0.2) is 18.3 Å². The Labute approximate surface area is 115 Å². The van der Waals surface area contributed by atoms with Gasteiger partial charge in [-0.25, -0.2) is 5.84 Å². The first-order valence-electron chi connectivity index (χ1n) is 5.84. The molecule has 0 amide bonds. The van der Waals surface area contributed by atoms with Gasteiger partial charge in [-0.1, -0.05) is 25.6 Å². The summed E-state index contributed by atoms with van der Waals surface area (Å²) in [6, 6.07) is 6.64. The smallest absolute Gasteiger partial charge is 0.288 e. The van der Waals surface area contributed by atoms with Crippen LogP contribution in [0.25, 0.3) is 0 Å². The molecule has 0 radical (unpaired) electrons. The zero-order chi connectivity index (χ0) is 14.3. The quantitative estimate of drug-likeness (QED) is 0.256. The number of guanidine groups is 1. The van der Waals surface area contributed by atoms with Crippen LogP contribution in [0, 0.1) is 5.92 Å². The fraction of sp³-hybridized carbons (Fsp3) is 0.417. The van der Waals surface area contributed by atoms with E-state index in [1.165, 1.54) is 0 Å². The Kier molecular flexibility index (Phi) is 6.58. The third-order valence-electron chi connectivity index (χ3n) is 2.09. The lowest BCUT2D eigenvalue weighted by Gasteiger charge is -2.10. The molecule has 0 aliphatic heterocycles. The molecule has 4 N–H and O–H groups in total. The van der Waals surface area contributed by atoms with E-state index >= 15 is 0 Å². The van der Waals surface area contributed by atoms with Crippen molar-refractivity contribution in [3.05, 3.63) is 24.3 Å². The fourth-order valence-electron chi connectivity index (χ4n) is 1.25. The molecular weight excluding hydrogens is 270 g/mol. The van der Waals surface area contributed by atoms with Crippen LogP contribution in [0.3, 0.4) is 0 Å². The number of benzene rings is 1. The van der Waals surface area contributed by atoms with E-state index in [2.05, 4.69) is 15.7 Å². The second-order valence-electron chi connectivity index (χ2n) is 4.26. The molecule has 0 saturated heterocycles. The largest absolute Gasteiger partial charge is 0.325 e. The molecule has 4 nitrogen and oxygen atoms in total. The number of alkyl halides is 2. The van der Waals surface area contributed by atoms with Gasteiger partial charge in [0.15, 0.2) is 0 Å². The van der Waals surface area contributed by atoms with E-state index in [1.807, 2.05) is 13.8 Å². The van der Waals surface area contributed by atoms with Crippen LogP contribution in [0.5, 0.6) is 0 Å². The van der Waals surface area contributed by atoms with Crippen LogP contribution in [0.2, 0.25) is 0 Å². The van der Waals surface area contributed by atoms with E-state index in [4.69, 9.17) is 5.84 Å². The van der Waals surface area contributed by atoms with Crippen LogP contribution < -0.4 is 16.6 Å². The topological polar surface area (TPSA) is 62.4 Å². The standard InChI is InChI=1S/C12H18F2N4S/c1-8(2)7-16-12(18-15)17-9-3-5-10(6-4-9)19-11(13)14/h3-6,8,11H,7,15H2,1-2H3,(H2,16,17,18). The van der Waals surface area contributed by atoms with Gasteiger partial charge in [0.1, 0.15) is 0 Å². The molecular formula is C12H18F2N4S. The summed E-state index contributed by atoms with van der Waals surface area (Å²) in [6.07, 6.45) is 0. The number of hydrogen-bond acceptors (Lipinski definition) is 3. The maximum absolute atomic E-state index is 12.2. The Morgan fingerprint density at radius 3 is 2.42 bits per heavy atom. The first-order valence-corrected chi connectivity index (χ1v) is 6.72. The summed E-state index contributed by atoms with van der Waals surface area (Å²) in [6.45, 7) is 4.74. The lowest BCUT2D eigenvalue weighted by molar-refractivity contribution is 0.252. The van der Waals surface area contributed by atoms with E-state index in [1.54, 1.807) is 24.3 Å². The summed E-state index contributed by atoms with van der Waals surface area (Å²) in [5, 5.41) is 2.98. The highest BCUT2D eigenvalue weighted by atomic mass is 32.2. The Hall–Kier alpha value is -1.34. The van der Waals surface area contributed by atoms with Crippen molar-refractivity contribution < 1.29 is 8.78 Å². The van der Waals surface area contributed by atoms with Crippen LogP contribution in [-0.2, 0) is 0 Å². The molecule has 0 saturated carbocycles. The van der Waals surface area contributed by atoms with Crippen molar-refractivity contribution in [1.29, 1.82) is 0 Å². The van der Waals surface area contributed by atoms with Crippen molar-refractivity contribution in [1.82, 2.24) is 5.43 Å². The zero-order valence-corrected chi connectivity index (χ0v) is 11.7. The molecule has 0 bridgehead atoms. The van der Waals surface area contributed by atoms with E-state index in [9.17, 15) is 8.78 Å². The van der Waals surface area contributed by atoms with Gasteiger partial charge in [0.2, 0.25) is 5.96 Å². The van der Waals surface area contributed by atoms with Crippen LogP contribution in [0.15, 0.2) is 34.2 Å². The van der Waals surface area contributed by atoms with E-state index in [0.29, 0.717) is 35.1 Å². The van der Waals surface area contributed by atoms with Gasteiger partial charge in [-0.15, -0.1) is 0 Å². The first kappa shape index (κ1) is 15.7. The summed E-state index contributed by atoms with van der Waals surface area (Å²) in [5.74, 6) is 3.82. The number of nitrogens with one attached hydrogen (secondary N) is 2. The zero-order valence-electron chi connectivity index (χ0n) is 10.9. The highest BCUT2D eigenvalue weighted by Gasteiger charge is 2.05. The predicted octanol–water partition coefficient (Wildman–Crippen LogP) is 2.89. The number of anilines is 1. The second-order valence-corrected chi connectivity index (χ2v) is 5.32. The number of halogens is 2. The lowest BCUT2D eigenvalue weighted by atomic mass is 10.2. The predicted molar refractivity (Wildman–Crippen MR) is 76.4 cm³/mol. The summed E-state index contributed by atoms with van der Waals surface area (Å²) in [5.41, 5.74) is 3.20. The average molecular weight is 288 g/mol. The van der Waals surface area contributed by atoms with Gasteiger partial charge < -0.3 is 5.32 Å². The Morgan fingerprint density at radius 2 is 1.95 bits per heavy atom. The number of rotatable bonds is 5. The van der Waals surface area contributed by atoms with E-state index in [0.717, 1.165) is 5.69 Å². The summed E-state index contributed by atoms with van der Waals surface area (Å²) >= 11 is 0.514. The third kappa shape index (κ3) is 6.40. The lowest BCUT2D eigenvalue weighted by Crippen LogP contribution is -2.36. The van der Waals surface area contributed by atoms with Gasteiger partial charge in [0.25, 0.3) is 5.76 Å². The molecule has 0 aliphatic rings. The van der Waals surface area contributed by atoms with Gasteiger partial charge in [-0.2, -0.15) is 8.78 Å². The van der Waals surface area contributed by atoms with Crippen molar-refractivity contribution in [3.8, 4) is 0 Å². The van der Waals surface area contributed by atoms with Gasteiger partial charge in [-0.3, -0.25) is 10.4 Å². The molecule has 19 heavy (non-hydrogen) atoms. The van der Waals surface area contributed by atoms with Crippen LogP contribution in [0.1, 0.15) is 13.8 Å². The van der Waals surface area contributed by atoms with Gasteiger partial charge in [0.05, 0.1) is 0 Å². The number of hydrogen-bond donors (Lipinski definition) is 3. The maximum atomic E-state index is 12.2. The highest BCUT2D eigenvalue weighted by molar-refractivity contribution is 7.99. The first-order chi connectivity index (χ1) is 9.01. The van der Waals surface area contributed by atoms with Crippen LogP contribution in [0.4, 0.5) is 14.5 Å². The SMILES string of the molecule is CC(C)CN=C(NN)Nc1ccc(SC(F)F)cc1. The highest BCUT2D eigenvalue weighted by Crippen LogP contribution is 2.26. The Balaban J connectivity index is 2.62. The number of hydrazine groups is 1. The molecule has 0 atom stereocenters. The second kappa shape index (κ2) is 7.96. The molecule has 0 heterocycles. The van der Waals surface area contributed by atoms with Crippen molar-refractivity contribution >= 4 is 23.4 Å². The fourth-order valence-corrected chi connectivity index (χ4v) is 1.75. The molecule has 106 valence electrons. The maximum Gasteiger partial charge on any atom is 0.288 e. The molecule has 1 aromatic carbocycles. The van der Waals surface area contributed by atoms with Crippen LogP contribution >= 0.6 is 11.8 Å². The third-order valence-corrected chi connectivity index (χ3v) is 2.82. The summed E-state index contributed by atoms with van der Waals surface area (Å²) in [4.78, 5) is 4.77. The van der Waals surface area contributed by atoms with Crippen molar-refractivity contribution in [2.75, 3.05) is 11.9 Å². The summed E-state index contributed by atoms with van der Waals surface area (Å²) < 4.78 is 24.3. The minimum absolute atomic E-state index is 0.426. The minimum atomic E-state index is -2.41. The van der Waals surface area contributed by atoms with Crippen molar-refractivity contribution in [2.24, 2.45) is 16.8 Å². The number of thioether (sulfide) groups is 1. The minimum Gasteiger partial charge on any atom is -0.325 e. The number of aliphatic imine (C=N–C) groups is 1. The average Bonchev–Trinajstić information content (AvgIpc) is 2.35. The molecule has 0 aromatic heterocycles. The van der Waals surface area contributed by atoms with Gasteiger partial charge >= 0.3 is 0 Å². The number of nitrogens with zero attached hydrogens (tertiary/aromatic N) is 1.